The lowest BCUT2D eigenvalue weighted by Gasteiger charge is -2.08. The highest BCUT2D eigenvalue weighted by atomic mass is 16.2. The molecule has 4 rings (SSSR count). The zero-order valence-electron chi connectivity index (χ0n) is 11.1. The summed E-state index contributed by atoms with van der Waals surface area (Å²) in [7, 11) is 0. The van der Waals surface area contributed by atoms with Gasteiger partial charge in [-0.2, -0.15) is 0 Å². The van der Waals surface area contributed by atoms with Gasteiger partial charge in [0.15, 0.2) is 0 Å². The van der Waals surface area contributed by atoms with Gasteiger partial charge in [0.25, 0.3) is 0 Å². The van der Waals surface area contributed by atoms with Crippen molar-refractivity contribution in [1.82, 2.24) is 5.32 Å². The molecule has 0 unspecified atom stereocenters. The van der Waals surface area contributed by atoms with E-state index >= 15 is 0 Å². The summed E-state index contributed by atoms with van der Waals surface area (Å²) in [6.45, 7) is 0. The van der Waals surface area contributed by atoms with Crippen molar-refractivity contribution in [2.75, 3.05) is 5.32 Å². The Labute approximate surface area is 118 Å². The molecule has 2 N–H and O–H groups in total. The molecule has 0 aromatic heterocycles. The fraction of sp³-hybridized carbons (Fsp3) is 0.235. The Morgan fingerprint density at radius 3 is 2.65 bits per heavy atom. The maximum absolute atomic E-state index is 11.8. The zero-order chi connectivity index (χ0) is 13.5. The molecule has 1 fully saturated rings. The highest BCUT2D eigenvalue weighted by Crippen LogP contribution is 2.37. The summed E-state index contributed by atoms with van der Waals surface area (Å²) in [5.74, 6) is 0. The van der Waals surface area contributed by atoms with E-state index in [4.69, 9.17) is 0 Å². The fourth-order valence-electron chi connectivity index (χ4n) is 2.80. The van der Waals surface area contributed by atoms with Crippen molar-refractivity contribution >= 4 is 11.7 Å². The number of rotatable bonds is 2. The van der Waals surface area contributed by atoms with Crippen LogP contribution in [0.2, 0.25) is 0 Å². The van der Waals surface area contributed by atoms with Gasteiger partial charge < -0.3 is 10.6 Å². The van der Waals surface area contributed by atoms with Crippen molar-refractivity contribution in [2.45, 2.75) is 25.3 Å². The minimum Gasteiger partial charge on any atom is -0.335 e. The van der Waals surface area contributed by atoms with Crippen LogP contribution >= 0.6 is 0 Å². The Bertz CT molecular complexity index is 689. The molecule has 2 aromatic rings. The third-order valence-electron chi connectivity index (χ3n) is 3.96. The molecule has 0 aliphatic heterocycles. The van der Waals surface area contributed by atoms with E-state index in [1.54, 1.807) is 0 Å². The predicted octanol–water partition coefficient (Wildman–Crippen LogP) is 3.54. The summed E-state index contributed by atoms with van der Waals surface area (Å²) < 4.78 is 0. The third kappa shape index (κ3) is 2.05. The number of fused-ring (bicyclic) bond motifs is 3. The van der Waals surface area contributed by atoms with Gasteiger partial charge in [0.1, 0.15) is 0 Å². The van der Waals surface area contributed by atoms with Crippen LogP contribution in [0.5, 0.6) is 0 Å². The predicted molar refractivity (Wildman–Crippen MR) is 79.9 cm³/mol. The van der Waals surface area contributed by atoms with Gasteiger partial charge in [-0.3, -0.25) is 0 Å². The van der Waals surface area contributed by atoms with Crippen molar-refractivity contribution in [2.24, 2.45) is 0 Å². The summed E-state index contributed by atoms with van der Waals surface area (Å²) >= 11 is 0. The van der Waals surface area contributed by atoms with E-state index in [1.807, 2.05) is 6.07 Å². The van der Waals surface area contributed by atoms with Crippen LogP contribution in [0.25, 0.3) is 11.1 Å². The largest absolute Gasteiger partial charge is 0.335 e. The van der Waals surface area contributed by atoms with Gasteiger partial charge in [0.2, 0.25) is 0 Å². The number of hydrogen-bond donors (Lipinski definition) is 2. The van der Waals surface area contributed by atoms with Crippen LogP contribution in [0.3, 0.4) is 0 Å². The first-order valence-corrected chi connectivity index (χ1v) is 7.08. The number of carbonyl (C=O) groups excluding carboxylic acids is 1. The second kappa shape index (κ2) is 4.37. The van der Waals surface area contributed by atoms with E-state index in [9.17, 15) is 4.79 Å². The molecule has 2 aliphatic carbocycles. The molecular weight excluding hydrogens is 248 g/mol. The second-order valence-corrected chi connectivity index (χ2v) is 5.58. The van der Waals surface area contributed by atoms with Gasteiger partial charge in [-0.1, -0.05) is 30.3 Å². The monoisotopic (exact) mass is 264 g/mol. The van der Waals surface area contributed by atoms with E-state index in [0.717, 1.165) is 24.9 Å². The lowest BCUT2D eigenvalue weighted by atomic mass is 10.1. The Morgan fingerprint density at radius 1 is 1.00 bits per heavy atom. The second-order valence-electron chi connectivity index (χ2n) is 5.58. The molecule has 3 heteroatoms. The molecule has 0 saturated heterocycles. The molecule has 0 bridgehead atoms. The minimum atomic E-state index is -0.0945. The first-order chi connectivity index (χ1) is 9.79. The maximum atomic E-state index is 11.8. The van der Waals surface area contributed by atoms with E-state index in [-0.39, 0.29) is 6.03 Å². The third-order valence-corrected chi connectivity index (χ3v) is 3.96. The molecule has 100 valence electrons. The molecule has 2 amide bonds. The van der Waals surface area contributed by atoms with E-state index in [2.05, 4.69) is 47.0 Å². The summed E-state index contributed by atoms with van der Waals surface area (Å²) in [5, 5.41) is 5.86. The summed E-state index contributed by atoms with van der Waals surface area (Å²) in [6.07, 6.45) is 3.16. The molecule has 0 spiro atoms. The maximum Gasteiger partial charge on any atom is 0.319 e. The number of benzene rings is 2. The Kier molecular flexibility index (Phi) is 2.52. The quantitative estimate of drug-likeness (QED) is 0.730. The van der Waals surface area contributed by atoms with Crippen molar-refractivity contribution in [1.29, 1.82) is 0 Å². The van der Waals surface area contributed by atoms with E-state index in [0.29, 0.717) is 6.04 Å². The summed E-state index contributed by atoms with van der Waals surface area (Å²) in [5.41, 5.74) is 6.12. The number of hydrogen-bond acceptors (Lipinski definition) is 1. The van der Waals surface area contributed by atoms with Crippen LogP contribution in [0.1, 0.15) is 24.0 Å². The lowest BCUT2D eigenvalue weighted by Crippen LogP contribution is -2.30. The number of nitrogens with one attached hydrogen (secondary N) is 2. The smallest absolute Gasteiger partial charge is 0.319 e. The summed E-state index contributed by atoms with van der Waals surface area (Å²) in [6, 6.07) is 14.9. The van der Waals surface area contributed by atoms with Crippen LogP contribution in [0, 0.1) is 0 Å². The number of carbonyl (C=O) groups is 1. The van der Waals surface area contributed by atoms with Crippen molar-refractivity contribution in [3.8, 4) is 11.1 Å². The van der Waals surface area contributed by atoms with E-state index < -0.39 is 0 Å². The highest BCUT2D eigenvalue weighted by molar-refractivity contribution is 5.90. The van der Waals surface area contributed by atoms with Crippen LogP contribution in [-0.2, 0) is 6.42 Å². The highest BCUT2D eigenvalue weighted by Gasteiger charge is 2.23. The fourth-order valence-corrected chi connectivity index (χ4v) is 2.80. The lowest BCUT2D eigenvalue weighted by molar-refractivity contribution is 0.251. The van der Waals surface area contributed by atoms with Crippen LogP contribution in [0.4, 0.5) is 10.5 Å². The van der Waals surface area contributed by atoms with E-state index in [1.165, 1.54) is 22.3 Å². The molecule has 2 aliphatic rings. The minimum absolute atomic E-state index is 0.0945. The van der Waals surface area contributed by atoms with Crippen molar-refractivity contribution < 1.29 is 4.79 Å². The number of urea groups is 1. The van der Waals surface area contributed by atoms with Gasteiger partial charge >= 0.3 is 6.03 Å². The Hall–Kier alpha value is -2.29. The van der Waals surface area contributed by atoms with Gasteiger partial charge in [0, 0.05) is 11.7 Å². The van der Waals surface area contributed by atoms with Gasteiger partial charge in [-0.25, -0.2) is 4.79 Å². The van der Waals surface area contributed by atoms with Crippen LogP contribution in [-0.4, -0.2) is 12.1 Å². The number of anilines is 1. The molecule has 20 heavy (non-hydrogen) atoms. The van der Waals surface area contributed by atoms with Crippen molar-refractivity contribution in [3.63, 3.8) is 0 Å². The first kappa shape index (κ1) is 11.5. The SMILES string of the molecule is O=C(Nc1ccc2c(c1)Cc1ccccc1-2)NC1CC1. The normalized spacial score (nSPS) is 15.4. The Balaban J connectivity index is 1.57. The topological polar surface area (TPSA) is 41.1 Å². The van der Waals surface area contributed by atoms with Gasteiger partial charge in [-0.05, 0) is 53.6 Å². The molecule has 1 saturated carbocycles. The Morgan fingerprint density at radius 2 is 1.80 bits per heavy atom. The molecular formula is C17H16N2O. The standard InChI is InChI=1S/C17H16N2O/c20-17(18-13-5-6-13)19-14-7-8-16-12(10-14)9-11-3-1-2-4-15(11)16/h1-4,7-8,10,13H,5-6,9H2,(H2,18,19,20). The molecule has 0 radical (unpaired) electrons. The van der Waals surface area contributed by atoms with Crippen LogP contribution in [0.15, 0.2) is 42.5 Å². The van der Waals surface area contributed by atoms with Gasteiger partial charge in [-0.15, -0.1) is 0 Å². The zero-order valence-corrected chi connectivity index (χ0v) is 11.1. The first-order valence-electron chi connectivity index (χ1n) is 7.08. The molecule has 0 heterocycles. The average Bonchev–Trinajstić information content (AvgIpc) is 3.17. The number of amides is 2. The molecule has 0 atom stereocenters. The van der Waals surface area contributed by atoms with Crippen LogP contribution < -0.4 is 10.6 Å². The molecule has 3 nitrogen and oxygen atoms in total. The average molecular weight is 264 g/mol. The summed E-state index contributed by atoms with van der Waals surface area (Å²) in [4.78, 5) is 11.8. The van der Waals surface area contributed by atoms with Crippen molar-refractivity contribution in [3.05, 3.63) is 53.6 Å². The van der Waals surface area contributed by atoms with Gasteiger partial charge in [0.05, 0.1) is 0 Å². The molecule has 2 aromatic carbocycles.